The maximum absolute atomic E-state index is 6.20. The second-order valence-corrected chi connectivity index (χ2v) is 8.60. The molecule has 0 amide bonds. The zero-order chi connectivity index (χ0) is 16.7. The number of nitrogens with one attached hydrogen (secondary N) is 1. The van der Waals surface area contributed by atoms with Crippen molar-refractivity contribution in [3.63, 3.8) is 0 Å². The lowest BCUT2D eigenvalue weighted by atomic mass is 9.78. The average molecular weight is 325 g/mol. The van der Waals surface area contributed by atoms with Crippen LogP contribution in [0.25, 0.3) is 10.9 Å². The van der Waals surface area contributed by atoms with E-state index in [-0.39, 0.29) is 18.3 Å². The van der Waals surface area contributed by atoms with E-state index in [1.54, 1.807) is 0 Å². The highest BCUT2D eigenvalue weighted by atomic mass is 16.7. The van der Waals surface area contributed by atoms with Crippen LogP contribution in [0.3, 0.4) is 0 Å². The van der Waals surface area contributed by atoms with Crippen molar-refractivity contribution in [2.75, 3.05) is 0 Å². The molecule has 1 saturated heterocycles. The van der Waals surface area contributed by atoms with Crippen LogP contribution in [0.1, 0.15) is 46.2 Å². The minimum absolute atomic E-state index is 0.315. The molecule has 0 bridgehead atoms. The van der Waals surface area contributed by atoms with Crippen molar-refractivity contribution >= 4 is 23.5 Å². The Morgan fingerprint density at radius 1 is 1.12 bits per heavy atom. The summed E-state index contributed by atoms with van der Waals surface area (Å²) in [5.41, 5.74) is 3.11. The Hall–Kier alpha value is -1.37. The molecule has 0 atom stereocenters. The summed E-state index contributed by atoms with van der Waals surface area (Å²) in [6.07, 6.45) is 2.53. The molecule has 0 radical (unpaired) electrons. The van der Waals surface area contributed by atoms with Crippen LogP contribution in [0.4, 0.5) is 0 Å². The lowest BCUT2D eigenvalue weighted by Gasteiger charge is -2.32. The molecule has 5 rings (SSSR count). The Balaban J connectivity index is 1.53. The summed E-state index contributed by atoms with van der Waals surface area (Å²) in [4.78, 5) is 0. The van der Waals surface area contributed by atoms with Crippen LogP contribution >= 0.6 is 0 Å². The number of nitrogens with zero attached hydrogens (tertiary/aromatic N) is 2. The maximum atomic E-state index is 6.20. The second-order valence-electron chi connectivity index (χ2n) is 8.60. The molecule has 2 aliphatic heterocycles. The molecule has 1 aromatic carbocycles. The molecule has 0 unspecified atom stereocenters. The van der Waals surface area contributed by atoms with E-state index >= 15 is 0 Å². The first-order valence-corrected chi connectivity index (χ1v) is 8.89. The van der Waals surface area contributed by atoms with Gasteiger partial charge in [0.2, 0.25) is 0 Å². The van der Waals surface area contributed by atoms with Crippen LogP contribution in [0.15, 0.2) is 18.2 Å². The van der Waals surface area contributed by atoms with Gasteiger partial charge in [-0.2, -0.15) is 5.10 Å². The van der Waals surface area contributed by atoms with E-state index in [4.69, 9.17) is 14.4 Å². The van der Waals surface area contributed by atoms with E-state index in [9.17, 15) is 0 Å². The molecule has 3 heterocycles. The van der Waals surface area contributed by atoms with Crippen LogP contribution in [0.2, 0.25) is 0 Å². The van der Waals surface area contributed by atoms with Gasteiger partial charge in [-0.05, 0) is 52.1 Å². The van der Waals surface area contributed by atoms with Crippen LogP contribution in [0.5, 0.6) is 0 Å². The van der Waals surface area contributed by atoms with Crippen molar-refractivity contribution in [3.05, 3.63) is 23.9 Å². The number of fused-ring (bicyclic) bond motifs is 3. The molecule has 1 aromatic heterocycles. The predicted molar refractivity (Wildman–Crippen MR) is 94.3 cm³/mol. The van der Waals surface area contributed by atoms with E-state index < -0.39 is 0 Å². The molecule has 24 heavy (non-hydrogen) atoms. The van der Waals surface area contributed by atoms with Gasteiger partial charge in [-0.15, -0.1) is 0 Å². The van der Waals surface area contributed by atoms with Gasteiger partial charge in [0.15, 0.2) is 0 Å². The summed E-state index contributed by atoms with van der Waals surface area (Å²) in [7, 11) is -0.318. The number of rotatable bonds is 1. The predicted octanol–water partition coefficient (Wildman–Crippen LogP) is 1.97. The lowest BCUT2D eigenvalue weighted by Crippen LogP contribution is -2.41. The van der Waals surface area contributed by atoms with Crippen LogP contribution in [0, 0.1) is 0 Å². The van der Waals surface area contributed by atoms with Gasteiger partial charge in [-0.3, -0.25) is 4.68 Å². The van der Waals surface area contributed by atoms with E-state index in [1.165, 1.54) is 23.9 Å². The van der Waals surface area contributed by atoms with E-state index in [1.807, 2.05) is 0 Å². The fourth-order valence-corrected chi connectivity index (χ4v) is 3.74. The van der Waals surface area contributed by atoms with Gasteiger partial charge in [-0.25, -0.2) is 0 Å². The quantitative estimate of drug-likeness (QED) is 0.815. The molecular weight excluding hydrogens is 301 g/mol. The van der Waals surface area contributed by atoms with Gasteiger partial charge >= 0.3 is 7.12 Å². The molecule has 1 N–H and O–H groups in total. The topological polar surface area (TPSA) is 48.3 Å². The molecule has 2 fully saturated rings. The van der Waals surface area contributed by atoms with E-state index in [0.717, 1.165) is 24.1 Å². The van der Waals surface area contributed by atoms with Crippen LogP contribution < -0.4 is 10.8 Å². The van der Waals surface area contributed by atoms with Gasteiger partial charge < -0.3 is 14.6 Å². The van der Waals surface area contributed by atoms with Crippen molar-refractivity contribution in [1.29, 1.82) is 0 Å². The molecule has 1 saturated carbocycles. The first kappa shape index (κ1) is 14.9. The van der Waals surface area contributed by atoms with E-state index in [2.05, 4.69) is 55.9 Å². The highest BCUT2D eigenvalue weighted by Gasteiger charge is 2.52. The van der Waals surface area contributed by atoms with Gasteiger partial charge in [-0.1, -0.05) is 12.1 Å². The first-order chi connectivity index (χ1) is 11.3. The number of hydrogen-bond donors (Lipinski definition) is 1. The Morgan fingerprint density at radius 2 is 1.83 bits per heavy atom. The normalized spacial score (nSPS) is 26.1. The zero-order valence-electron chi connectivity index (χ0n) is 14.8. The highest BCUT2D eigenvalue weighted by Crippen LogP contribution is 2.41. The second kappa shape index (κ2) is 4.42. The monoisotopic (exact) mass is 325 g/mol. The molecule has 5 nitrogen and oxygen atoms in total. The van der Waals surface area contributed by atoms with Crippen molar-refractivity contribution in [3.8, 4) is 0 Å². The van der Waals surface area contributed by atoms with Crippen molar-refractivity contribution in [1.82, 2.24) is 15.1 Å². The third-order valence-electron chi connectivity index (χ3n) is 6.33. The van der Waals surface area contributed by atoms with Crippen LogP contribution in [-0.4, -0.2) is 33.6 Å². The van der Waals surface area contributed by atoms with Crippen molar-refractivity contribution < 1.29 is 9.31 Å². The summed E-state index contributed by atoms with van der Waals surface area (Å²) in [6, 6.07) is 6.38. The summed E-state index contributed by atoms with van der Waals surface area (Å²) >= 11 is 0. The van der Waals surface area contributed by atoms with E-state index in [0.29, 0.717) is 5.54 Å². The Kier molecular flexibility index (Phi) is 2.75. The van der Waals surface area contributed by atoms with Crippen molar-refractivity contribution in [2.45, 2.75) is 70.4 Å². The summed E-state index contributed by atoms with van der Waals surface area (Å²) < 4.78 is 14.6. The molecule has 3 aliphatic rings. The molecule has 6 heteroatoms. The highest BCUT2D eigenvalue weighted by molar-refractivity contribution is 6.62. The molecule has 2 aromatic rings. The Labute approximate surface area is 142 Å². The number of aromatic nitrogens is 2. The zero-order valence-corrected chi connectivity index (χ0v) is 14.8. The lowest BCUT2D eigenvalue weighted by molar-refractivity contribution is 0.00578. The largest absolute Gasteiger partial charge is 0.494 e. The summed E-state index contributed by atoms with van der Waals surface area (Å²) in [6.45, 7) is 10.2. The third-order valence-corrected chi connectivity index (χ3v) is 6.33. The molecule has 1 spiro atoms. The fourth-order valence-electron chi connectivity index (χ4n) is 3.74. The molecular formula is C18H24BN3O2. The Bertz CT molecular complexity index is 822. The molecule has 126 valence electrons. The SMILES string of the molecule is CC1(C)OB(c2ccc3nn4c(c3c2)CNC2(CC2)C4)OC1(C)C. The standard InChI is InChI=1S/C18H24BN3O2/c1-16(2)17(3,4)24-19(23-16)12-5-6-14-13(9-12)15-10-20-18(7-8-18)11-22(15)21-14/h5-6,9,20H,7-8,10-11H2,1-4H3. The summed E-state index contributed by atoms with van der Waals surface area (Å²) in [5, 5.41) is 9.72. The first-order valence-electron chi connectivity index (χ1n) is 8.89. The third kappa shape index (κ3) is 2.03. The number of hydrogen-bond acceptors (Lipinski definition) is 4. The van der Waals surface area contributed by atoms with Gasteiger partial charge in [0.1, 0.15) is 0 Å². The van der Waals surface area contributed by atoms with Gasteiger partial charge in [0, 0.05) is 17.5 Å². The minimum atomic E-state index is -0.318. The van der Waals surface area contributed by atoms with Gasteiger partial charge in [0.05, 0.1) is 29.0 Å². The molecule has 1 aliphatic carbocycles. The van der Waals surface area contributed by atoms with Crippen molar-refractivity contribution in [2.24, 2.45) is 0 Å². The fraction of sp³-hybridized carbons (Fsp3) is 0.611. The minimum Gasteiger partial charge on any atom is -0.399 e. The average Bonchev–Trinajstić information content (AvgIpc) is 3.08. The van der Waals surface area contributed by atoms with Gasteiger partial charge in [0.25, 0.3) is 0 Å². The smallest absolute Gasteiger partial charge is 0.399 e. The van der Waals surface area contributed by atoms with Crippen LogP contribution in [-0.2, 0) is 22.4 Å². The summed E-state index contributed by atoms with van der Waals surface area (Å²) in [5.74, 6) is 0. The maximum Gasteiger partial charge on any atom is 0.494 e. The number of benzene rings is 1. The Morgan fingerprint density at radius 3 is 2.50 bits per heavy atom.